The molecule has 0 bridgehead atoms. The van der Waals surface area contributed by atoms with E-state index in [4.69, 9.17) is 14.5 Å². The summed E-state index contributed by atoms with van der Waals surface area (Å²) < 4.78 is 13.1. The maximum Gasteiger partial charge on any atom is 0.254 e. The Bertz CT molecular complexity index is 1280. The lowest BCUT2D eigenvalue weighted by molar-refractivity contribution is 0.0716. The van der Waals surface area contributed by atoms with E-state index in [2.05, 4.69) is 36.6 Å². The van der Waals surface area contributed by atoms with Gasteiger partial charge < -0.3 is 18.9 Å². The van der Waals surface area contributed by atoms with Crippen molar-refractivity contribution in [2.75, 3.05) is 13.3 Å². The minimum atomic E-state index is -0.0414. The van der Waals surface area contributed by atoms with Crippen molar-refractivity contribution in [1.29, 1.82) is 0 Å². The maximum absolute atomic E-state index is 13.6. The second-order valence-electron chi connectivity index (χ2n) is 8.74. The van der Waals surface area contributed by atoms with Gasteiger partial charge in [-0.25, -0.2) is 4.98 Å². The SMILES string of the molecule is CC(C)CN(Cc1nc2ccccc2n1Cc1ccccc1)C(=O)c1ccc2c(c1)OCO2. The molecule has 1 amide bonds. The molecular weight excluding hydrogens is 414 g/mol. The summed E-state index contributed by atoms with van der Waals surface area (Å²) in [5, 5.41) is 0. The van der Waals surface area contributed by atoms with Crippen LogP contribution in [-0.4, -0.2) is 33.7 Å². The Kier molecular flexibility index (Phi) is 5.73. The fourth-order valence-electron chi connectivity index (χ4n) is 4.23. The molecule has 1 aromatic heterocycles. The van der Waals surface area contributed by atoms with Crippen LogP contribution in [0.5, 0.6) is 11.5 Å². The lowest BCUT2D eigenvalue weighted by Crippen LogP contribution is -2.34. The zero-order chi connectivity index (χ0) is 22.8. The highest BCUT2D eigenvalue weighted by Crippen LogP contribution is 2.33. The van der Waals surface area contributed by atoms with Crippen molar-refractivity contribution in [1.82, 2.24) is 14.5 Å². The number of carbonyl (C=O) groups excluding carboxylic acids is 1. The van der Waals surface area contributed by atoms with E-state index in [1.54, 1.807) is 18.2 Å². The summed E-state index contributed by atoms with van der Waals surface area (Å²) in [4.78, 5) is 20.4. The number of imidazole rings is 1. The highest BCUT2D eigenvalue weighted by atomic mass is 16.7. The van der Waals surface area contributed by atoms with E-state index in [1.165, 1.54) is 5.56 Å². The predicted molar refractivity (Wildman–Crippen MR) is 127 cm³/mol. The monoisotopic (exact) mass is 441 g/mol. The number of amides is 1. The lowest BCUT2D eigenvalue weighted by Gasteiger charge is -2.25. The van der Waals surface area contributed by atoms with Crippen LogP contribution in [0, 0.1) is 5.92 Å². The molecule has 6 heteroatoms. The Morgan fingerprint density at radius 1 is 1.00 bits per heavy atom. The Labute approximate surface area is 193 Å². The lowest BCUT2D eigenvalue weighted by atomic mass is 10.1. The van der Waals surface area contributed by atoms with Crippen molar-refractivity contribution in [3.8, 4) is 11.5 Å². The van der Waals surface area contributed by atoms with Gasteiger partial charge in [0.25, 0.3) is 5.91 Å². The highest BCUT2D eigenvalue weighted by Gasteiger charge is 2.23. The van der Waals surface area contributed by atoms with Gasteiger partial charge in [0.2, 0.25) is 6.79 Å². The van der Waals surface area contributed by atoms with Crippen molar-refractivity contribution in [2.45, 2.75) is 26.9 Å². The molecule has 3 aromatic carbocycles. The van der Waals surface area contributed by atoms with E-state index in [-0.39, 0.29) is 12.7 Å². The van der Waals surface area contributed by atoms with Crippen molar-refractivity contribution in [2.24, 2.45) is 5.92 Å². The molecule has 5 rings (SSSR count). The standard InChI is InChI=1S/C27H27N3O3/c1-19(2)15-29(27(31)21-12-13-24-25(14-21)33-18-32-24)17-26-28-22-10-6-7-11-23(22)30(26)16-20-8-4-3-5-9-20/h3-14,19H,15-18H2,1-2H3. The van der Waals surface area contributed by atoms with E-state index < -0.39 is 0 Å². The molecule has 0 saturated heterocycles. The van der Waals surface area contributed by atoms with Gasteiger partial charge in [0.05, 0.1) is 17.6 Å². The highest BCUT2D eigenvalue weighted by molar-refractivity contribution is 5.95. The van der Waals surface area contributed by atoms with Crippen LogP contribution >= 0.6 is 0 Å². The van der Waals surface area contributed by atoms with E-state index in [9.17, 15) is 4.79 Å². The Morgan fingerprint density at radius 3 is 2.58 bits per heavy atom. The first kappa shape index (κ1) is 21.1. The van der Waals surface area contributed by atoms with Crippen LogP contribution in [0.1, 0.15) is 35.6 Å². The molecule has 0 radical (unpaired) electrons. The van der Waals surface area contributed by atoms with Crippen LogP contribution in [0.3, 0.4) is 0 Å². The molecule has 6 nitrogen and oxygen atoms in total. The van der Waals surface area contributed by atoms with Gasteiger partial charge in [-0.15, -0.1) is 0 Å². The number of para-hydroxylation sites is 2. The molecule has 0 aliphatic carbocycles. The van der Waals surface area contributed by atoms with Gasteiger partial charge in [-0.1, -0.05) is 56.3 Å². The number of aromatic nitrogens is 2. The fourth-order valence-corrected chi connectivity index (χ4v) is 4.23. The zero-order valence-electron chi connectivity index (χ0n) is 18.9. The van der Waals surface area contributed by atoms with Gasteiger partial charge in [0.15, 0.2) is 11.5 Å². The number of hydrogen-bond donors (Lipinski definition) is 0. The summed E-state index contributed by atoms with van der Waals surface area (Å²) in [5.74, 6) is 2.43. The zero-order valence-corrected chi connectivity index (χ0v) is 18.9. The molecule has 1 aliphatic rings. The minimum absolute atomic E-state index is 0.0414. The average Bonchev–Trinajstić information content (AvgIpc) is 3.43. The molecule has 0 saturated carbocycles. The Morgan fingerprint density at radius 2 is 1.76 bits per heavy atom. The van der Waals surface area contributed by atoms with Gasteiger partial charge >= 0.3 is 0 Å². The van der Waals surface area contributed by atoms with E-state index >= 15 is 0 Å². The van der Waals surface area contributed by atoms with Crippen LogP contribution in [0.15, 0.2) is 72.8 Å². The van der Waals surface area contributed by atoms with Crippen LogP contribution in [-0.2, 0) is 13.1 Å². The molecule has 4 aromatic rings. The third-order valence-corrected chi connectivity index (χ3v) is 5.74. The number of rotatable bonds is 7. The third-order valence-electron chi connectivity index (χ3n) is 5.74. The quantitative estimate of drug-likeness (QED) is 0.400. The van der Waals surface area contributed by atoms with Crippen molar-refractivity contribution < 1.29 is 14.3 Å². The largest absolute Gasteiger partial charge is 0.454 e. The van der Waals surface area contributed by atoms with Crippen molar-refractivity contribution >= 4 is 16.9 Å². The molecule has 33 heavy (non-hydrogen) atoms. The molecular formula is C27H27N3O3. The molecule has 0 fully saturated rings. The molecule has 0 unspecified atom stereocenters. The second kappa shape index (κ2) is 8.98. The van der Waals surface area contributed by atoms with Crippen LogP contribution in [0.2, 0.25) is 0 Å². The summed E-state index contributed by atoms with van der Waals surface area (Å²) in [7, 11) is 0. The second-order valence-corrected chi connectivity index (χ2v) is 8.74. The first-order valence-corrected chi connectivity index (χ1v) is 11.3. The summed E-state index contributed by atoms with van der Waals surface area (Å²) in [6.45, 7) is 6.17. The summed E-state index contributed by atoms with van der Waals surface area (Å²) >= 11 is 0. The van der Waals surface area contributed by atoms with Crippen LogP contribution in [0.4, 0.5) is 0 Å². The van der Waals surface area contributed by atoms with Crippen molar-refractivity contribution in [3.05, 3.63) is 89.7 Å². The number of hydrogen-bond acceptors (Lipinski definition) is 4. The van der Waals surface area contributed by atoms with E-state index in [1.807, 2.05) is 41.3 Å². The topological polar surface area (TPSA) is 56.6 Å². The molecule has 1 aliphatic heterocycles. The number of ether oxygens (including phenoxy) is 2. The molecule has 2 heterocycles. The smallest absolute Gasteiger partial charge is 0.254 e. The van der Waals surface area contributed by atoms with Gasteiger partial charge in [-0.05, 0) is 41.8 Å². The van der Waals surface area contributed by atoms with Gasteiger partial charge in [0, 0.05) is 18.7 Å². The first-order chi connectivity index (χ1) is 16.1. The Hall–Kier alpha value is -3.80. The van der Waals surface area contributed by atoms with E-state index in [0.717, 1.165) is 16.9 Å². The minimum Gasteiger partial charge on any atom is -0.454 e. The molecule has 0 N–H and O–H groups in total. The van der Waals surface area contributed by atoms with E-state index in [0.29, 0.717) is 42.6 Å². The molecule has 168 valence electrons. The summed E-state index contributed by atoms with van der Waals surface area (Å²) in [6.07, 6.45) is 0. The summed E-state index contributed by atoms with van der Waals surface area (Å²) in [5.41, 5.74) is 3.78. The third kappa shape index (κ3) is 4.42. The average molecular weight is 442 g/mol. The van der Waals surface area contributed by atoms with Crippen LogP contribution < -0.4 is 9.47 Å². The van der Waals surface area contributed by atoms with Gasteiger partial charge in [0.1, 0.15) is 5.82 Å². The van der Waals surface area contributed by atoms with Gasteiger partial charge in [-0.2, -0.15) is 0 Å². The predicted octanol–water partition coefficient (Wildman–Crippen LogP) is 5.11. The fraction of sp³-hybridized carbons (Fsp3) is 0.259. The number of fused-ring (bicyclic) bond motifs is 2. The molecule has 0 atom stereocenters. The number of carbonyl (C=O) groups is 1. The number of nitrogens with zero attached hydrogens (tertiary/aromatic N) is 3. The van der Waals surface area contributed by atoms with Crippen molar-refractivity contribution in [3.63, 3.8) is 0 Å². The molecule has 0 spiro atoms. The maximum atomic E-state index is 13.6. The summed E-state index contributed by atoms with van der Waals surface area (Å²) in [6, 6.07) is 23.8. The Balaban J connectivity index is 1.49. The first-order valence-electron chi connectivity index (χ1n) is 11.3. The van der Waals surface area contributed by atoms with Gasteiger partial charge in [-0.3, -0.25) is 4.79 Å². The normalized spacial score (nSPS) is 12.5. The number of benzene rings is 3. The van der Waals surface area contributed by atoms with Crippen LogP contribution in [0.25, 0.3) is 11.0 Å².